The third kappa shape index (κ3) is 14.7. The van der Waals surface area contributed by atoms with E-state index in [4.69, 9.17) is 4.74 Å². The molecule has 12 heteroatoms. The molecule has 0 fully saturated rings. The summed E-state index contributed by atoms with van der Waals surface area (Å²) >= 11 is 1.58. The Morgan fingerprint density at radius 2 is 1.70 bits per heavy atom. The van der Waals surface area contributed by atoms with Crippen LogP contribution in [-0.4, -0.2) is 90.4 Å². The van der Waals surface area contributed by atoms with Crippen LogP contribution < -0.4 is 21.3 Å². The minimum absolute atomic E-state index is 0.0287. The minimum atomic E-state index is -0.813. The van der Waals surface area contributed by atoms with Gasteiger partial charge in [0, 0.05) is 50.7 Å². The van der Waals surface area contributed by atoms with Gasteiger partial charge in [0.25, 0.3) is 0 Å². The lowest BCUT2D eigenvalue weighted by Crippen LogP contribution is -2.60. The first-order valence-electron chi connectivity index (χ1n) is 19.5. The molecule has 2 aromatic rings. The van der Waals surface area contributed by atoms with Gasteiger partial charge in [0.15, 0.2) is 0 Å². The number of nitrogens with zero attached hydrogens (tertiary/aromatic N) is 2. The van der Waals surface area contributed by atoms with Crippen molar-refractivity contribution in [3.8, 4) is 0 Å². The molecule has 0 saturated heterocycles. The number of methoxy groups -OCH3 is 1. The number of hydrogen-bond donors (Lipinski definition) is 5. The van der Waals surface area contributed by atoms with Crippen molar-refractivity contribution in [1.82, 2.24) is 31.2 Å². The Hall–Kier alpha value is -2.90. The molecule has 1 aromatic heterocycles. The van der Waals surface area contributed by atoms with Gasteiger partial charge in [-0.25, -0.2) is 4.98 Å². The average Bonchev–Trinajstić information content (AvgIpc) is 3.68. The molecule has 0 aliphatic carbocycles. The number of rotatable bonds is 25. The monoisotopic (exact) mass is 759 g/mol. The second-order valence-corrected chi connectivity index (χ2v) is 16.6. The van der Waals surface area contributed by atoms with E-state index in [0.29, 0.717) is 13.0 Å². The van der Waals surface area contributed by atoms with Crippen molar-refractivity contribution >= 4 is 29.1 Å². The topological polar surface area (TPSA) is 145 Å². The third-order valence-corrected chi connectivity index (χ3v) is 11.7. The van der Waals surface area contributed by atoms with E-state index in [9.17, 15) is 19.5 Å². The lowest BCUT2D eigenvalue weighted by molar-refractivity contribution is -0.142. The number of likely N-dealkylation sites (N-methyl/N-ethyl adjacent to an activating group) is 2. The number of aliphatic hydroxyl groups is 1. The van der Waals surface area contributed by atoms with Crippen LogP contribution in [0.5, 0.6) is 0 Å². The van der Waals surface area contributed by atoms with E-state index >= 15 is 0 Å². The van der Waals surface area contributed by atoms with Gasteiger partial charge in [-0.1, -0.05) is 91.1 Å². The molecule has 0 spiro atoms. The zero-order chi connectivity index (χ0) is 39.7. The van der Waals surface area contributed by atoms with Gasteiger partial charge in [0.2, 0.25) is 17.7 Å². The molecule has 8 atom stereocenters. The maximum absolute atomic E-state index is 13.8. The van der Waals surface area contributed by atoms with Crippen LogP contribution >= 0.6 is 11.3 Å². The Morgan fingerprint density at radius 3 is 2.26 bits per heavy atom. The molecule has 0 aliphatic rings. The number of aliphatic hydroxyl groups excluding tert-OH is 1. The lowest BCUT2D eigenvalue weighted by atomic mass is 9.84. The van der Waals surface area contributed by atoms with Crippen molar-refractivity contribution in [2.75, 3.05) is 27.7 Å². The van der Waals surface area contributed by atoms with E-state index in [-0.39, 0.29) is 59.6 Å². The molecule has 0 radical (unpaired) electrons. The van der Waals surface area contributed by atoms with Gasteiger partial charge in [0.1, 0.15) is 17.3 Å². The van der Waals surface area contributed by atoms with E-state index < -0.39 is 17.8 Å². The fourth-order valence-electron chi connectivity index (χ4n) is 6.87. The predicted octanol–water partition coefficient (Wildman–Crippen LogP) is 5.70. The first-order chi connectivity index (χ1) is 25.1. The van der Waals surface area contributed by atoms with Crippen molar-refractivity contribution in [3.05, 3.63) is 52.5 Å². The van der Waals surface area contributed by atoms with Gasteiger partial charge >= 0.3 is 0 Å². The van der Waals surface area contributed by atoms with Crippen LogP contribution in [0.3, 0.4) is 0 Å². The molecule has 5 N–H and O–H groups in total. The Bertz CT molecular complexity index is 1340. The minimum Gasteiger partial charge on any atom is -0.381 e. The largest absolute Gasteiger partial charge is 0.381 e. The summed E-state index contributed by atoms with van der Waals surface area (Å²) in [5.74, 6) is -0.567. The fourth-order valence-corrected chi connectivity index (χ4v) is 7.57. The van der Waals surface area contributed by atoms with E-state index in [1.165, 1.54) is 5.56 Å². The molecular weight excluding hydrogens is 689 g/mol. The molecule has 0 aliphatic heterocycles. The predicted molar refractivity (Wildman–Crippen MR) is 215 cm³/mol. The summed E-state index contributed by atoms with van der Waals surface area (Å²) in [6, 6.07) is 9.27. The summed E-state index contributed by atoms with van der Waals surface area (Å²) in [4.78, 5) is 46.2. The van der Waals surface area contributed by atoms with E-state index in [0.717, 1.165) is 43.5 Å². The number of nitrogens with one attached hydrogen (secondary N) is 4. The number of amides is 3. The van der Waals surface area contributed by atoms with Gasteiger partial charge in [-0.3, -0.25) is 19.7 Å². The van der Waals surface area contributed by atoms with Crippen LogP contribution in [0.15, 0.2) is 41.9 Å². The number of carbonyl (C=O) groups excluding carboxylic acids is 3. The Labute approximate surface area is 323 Å². The quantitative estimate of drug-likeness (QED) is 0.0641. The van der Waals surface area contributed by atoms with Crippen LogP contribution in [-0.2, 0) is 25.5 Å². The number of unbranched alkanes of at least 4 members (excludes halogenated alkanes) is 2. The van der Waals surface area contributed by atoms with Gasteiger partial charge in [-0.05, 0) is 63.5 Å². The highest BCUT2D eigenvalue weighted by atomic mass is 32.1. The second kappa shape index (κ2) is 23.1. The van der Waals surface area contributed by atoms with Crippen molar-refractivity contribution in [2.45, 2.75) is 136 Å². The first kappa shape index (κ1) is 46.3. The Kier molecular flexibility index (Phi) is 20.2. The molecule has 2 unspecified atom stereocenters. The summed E-state index contributed by atoms with van der Waals surface area (Å²) < 4.78 is 5.83. The Balaban J connectivity index is 1.86. The molecule has 300 valence electrons. The Morgan fingerprint density at radius 1 is 1.02 bits per heavy atom. The van der Waals surface area contributed by atoms with Crippen LogP contribution in [0.2, 0.25) is 0 Å². The maximum atomic E-state index is 13.8. The highest BCUT2D eigenvalue weighted by molar-refractivity contribution is 7.09. The fraction of sp³-hybridized carbons (Fsp3) is 0.707. The number of thiazole rings is 1. The summed E-state index contributed by atoms with van der Waals surface area (Å²) in [5, 5.41) is 26.6. The highest BCUT2D eigenvalue weighted by Gasteiger charge is 2.37. The molecule has 3 amide bonds. The van der Waals surface area contributed by atoms with Crippen molar-refractivity contribution in [2.24, 2.45) is 23.7 Å². The first-order valence-corrected chi connectivity index (χ1v) is 20.4. The highest BCUT2D eigenvalue weighted by Crippen LogP contribution is 2.27. The van der Waals surface area contributed by atoms with Crippen molar-refractivity contribution in [1.29, 1.82) is 0 Å². The van der Waals surface area contributed by atoms with E-state index in [1.54, 1.807) is 57.5 Å². The van der Waals surface area contributed by atoms with Gasteiger partial charge in [0.05, 0.1) is 17.7 Å². The molecular formula is C41H70N6O5S. The number of hydrogen-bond acceptors (Lipinski definition) is 9. The van der Waals surface area contributed by atoms with Crippen molar-refractivity contribution < 1.29 is 24.2 Å². The second-order valence-electron chi connectivity index (χ2n) is 15.6. The summed E-state index contributed by atoms with van der Waals surface area (Å²) in [6.07, 6.45) is 6.23. The van der Waals surface area contributed by atoms with Gasteiger partial charge < -0.3 is 30.7 Å². The molecule has 1 aromatic carbocycles. The smallest absolute Gasteiger partial charge is 0.245 e. The standard InChI is InChI=1S/C41H70N6O5S/c1-12-28(4)36(47(10)39(50)35(27(2)3)46-40(51)41(7,8)42-9)29(5)25-34(48)43-22-18-14-17-21-33(52-11)30(6)37(49)45-32(38-44-23-24-53-38)26-31-19-15-13-16-20-31/h13,15-16,19-20,23-24,27-30,32-33,35-37,42,45,49H,12,14,17-18,21-22,25-26H2,1-11H3,(H,43,48)(H,46,51)/t28-,29+,30+,32-,33?,35-,36-,37?/m0/s1. The van der Waals surface area contributed by atoms with Gasteiger partial charge in [-0.15, -0.1) is 11.3 Å². The van der Waals surface area contributed by atoms with E-state index in [1.807, 2.05) is 51.3 Å². The molecule has 53 heavy (non-hydrogen) atoms. The van der Waals surface area contributed by atoms with E-state index in [2.05, 4.69) is 52.2 Å². The molecule has 2 rings (SSSR count). The summed E-state index contributed by atoms with van der Waals surface area (Å²) in [5.41, 5.74) is 0.362. The summed E-state index contributed by atoms with van der Waals surface area (Å²) in [7, 11) is 5.21. The van der Waals surface area contributed by atoms with Gasteiger partial charge in [-0.2, -0.15) is 0 Å². The molecule has 1 heterocycles. The normalized spacial score (nSPS) is 16.5. The molecule has 11 nitrogen and oxygen atoms in total. The number of benzene rings is 1. The van der Waals surface area contributed by atoms with Crippen LogP contribution in [0, 0.1) is 23.7 Å². The van der Waals surface area contributed by atoms with Crippen LogP contribution in [0.1, 0.15) is 111 Å². The maximum Gasteiger partial charge on any atom is 0.245 e. The number of aromatic nitrogens is 1. The summed E-state index contributed by atoms with van der Waals surface area (Å²) in [6.45, 7) is 16.3. The number of carbonyl (C=O) groups is 3. The average molecular weight is 759 g/mol. The van der Waals surface area contributed by atoms with Crippen molar-refractivity contribution in [3.63, 3.8) is 0 Å². The lowest BCUT2D eigenvalue weighted by Gasteiger charge is -2.40. The molecule has 0 bridgehead atoms. The SMILES string of the molecule is CC[C@H](C)[C@@H]([C@H](C)CC(=O)NCCCCCC(OC)[C@@H](C)C(O)N[C@@H](Cc1ccccc1)c1nccs1)N(C)C(=O)[C@@H](NC(=O)C(C)(C)NC)C(C)C. The van der Waals surface area contributed by atoms with Crippen LogP contribution in [0.4, 0.5) is 0 Å². The molecule has 0 saturated carbocycles. The van der Waals surface area contributed by atoms with Crippen LogP contribution in [0.25, 0.3) is 0 Å². The zero-order valence-electron chi connectivity index (χ0n) is 34.3. The third-order valence-electron chi connectivity index (χ3n) is 10.8. The number of ether oxygens (including phenoxy) is 1. The zero-order valence-corrected chi connectivity index (χ0v) is 35.1.